The lowest BCUT2D eigenvalue weighted by Crippen LogP contribution is -2.43. The fourth-order valence-corrected chi connectivity index (χ4v) is 14.5. The summed E-state index contributed by atoms with van der Waals surface area (Å²) in [6.45, 7) is 5.56. The van der Waals surface area contributed by atoms with Gasteiger partial charge in [-0.3, -0.25) is 55.2 Å². The zero-order valence-corrected chi connectivity index (χ0v) is 83.8. The standard InChI is InChI=1S/C25H24Cl2N4OS.C20H23NO3.C18H19NO2.C14H12Cl2N4OS.C11H13ClO.C9H9NO4.C9H11NO2.C2H6O/c26-22-14-13-21(16-23(22)27)30-25(33)31-28-17-19-10-6-11-20(15-19)29-24(32)12-5-4-9-18-7-2-1-3-8-18;22-19(12-5-4-9-16-7-2-1-3-8-16)21-18-11-6-10-17(15-18)20-23-13-14-24-20;20-14-16-10-6-11-17(13-16)19-18(21)12-5-4-9-15-7-2-1-3-8-15;15-11-5-4-10(7-12(11)16)18-14(22)20-19-13(21)8-2-1-3-9(17)6-8;12-11(13)9-5-4-8-10-6-2-1-3-7-10;11-10(12)8-3-1-2-7(6-8)9-13-4-5-14-9;10-8-3-1-2-7(6-8)9-11-4-5-12-9;1-2-3/h1-3,6-8,10-11,13-17H,4-5,9,12H2,(H,29,32)(H2,30,31,33);1-3,6-8,10-11,15,20H,4-5,9,12-14H2,(H,21,22);1-3,6-8,10-11,13-14H,4-5,9,12H2,(H,19,21);1-7H,17H2,(H,19,21)(H2,18,20,22);1-3,6-7H,4-5,8-9H2;1-3,6,9H,4-5H2;1-3,6,9H,4-5,10H2;3H,2H2,1H3/b28-17+;;;;;;;. The van der Waals surface area contributed by atoms with E-state index in [1.165, 1.54) is 34.4 Å². The van der Waals surface area contributed by atoms with E-state index in [4.69, 9.17) is 127 Å². The Morgan fingerprint density at radius 2 is 0.754 bits per heavy atom. The molecule has 142 heavy (non-hydrogen) atoms. The Hall–Kier alpha value is -12.9. The SMILES string of the molecule is CCO.Nc1cccc(C(=O)NNC(=S)Nc2ccc(Cl)c(Cl)c2)c1.Nc1cccc(C2OCCO2)c1.O=C(CCCCc1ccccc1)Nc1cccc(/C=N/NC(=S)Nc2ccc(Cl)c(Cl)c2)c1.O=C(CCCCc1ccccc1)Nc1cccc(C2OCCO2)c1.O=C(Cl)CCCCc1ccccc1.O=Cc1cccc(NC(=O)CCCCc2ccccc2)c1.O=[N+]([O-])c1cccc(C2OCCO2)c1. The number of ether oxygens (including phenoxy) is 6. The molecule has 13 N–H and O–H groups in total. The molecular weight excluding hydrogens is 1950 g/mol. The zero-order chi connectivity index (χ0) is 102. The Morgan fingerprint density at radius 3 is 1.15 bits per heavy atom. The molecule has 3 saturated heterocycles. The van der Waals surface area contributed by atoms with Gasteiger partial charge in [0.15, 0.2) is 29.1 Å². The molecule has 0 radical (unpaired) electrons. The Bertz CT molecular complexity index is 5920. The lowest BCUT2D eigenvalue weighted by atomic mass is 10.1. The van der Waals surface area contributed by atoms with Crippen molar-refractivity contribution in [2.24, 2.45) is 5.10 Å². The van der Waals surface area contributed by atoms with Gasteiger partial charge >= 0.3 is 0 Å². The first kappa shape index (κ1) is 114. The third-order valence-corrected chi connectivity index (χ3v) is 22.4. The number of rotatable bonds is 33. The number of carbonyl (C=O) groups is 6. The number of aldehydes is 1. The number of amides is 4. The molecule has 12 aromatic rings. The van der Waals surface area contributed by atoms with E-state index in [1.54, 1.807) is 110 Å². The van der Waals surface area contributed by atoms with E-state index < -0.39 is 11.2 Å². The topological polar surface area (TPSA) is 382 Å². The number of aliphatic hydroxyl groups excluding tert-OH is 1. The lowest BCUT2D eigenvalue weighted by Gasteiger charge is -2.12. The van der Waals surface area contributed by atoms with Gasteiger partial charge in [0.2, 0.25) is 23.0 Å². The summed E-state index contributed by atoms with van der Waals surface area (Å²) in [6.07, 6.45) is 14.9. The summed E-state index contributed by atoms with van der Waals surface area (Å²) in [5, 5.41) is 38.8. The third-order valence-electron chi connectivity index (χ3n) is 20.3. The quantitative estimate of drug-likeness (QED) is 0.00266. The number of nitrogens with two attached hydrogens (primary N) is 2. The number of nitrogens with one attached hydrogen (secondary N) is 8. The van der Waals surface area contributed by atoms with Crippen molar-refractivity contribution in [3.8, 4) is 0 Å². The van der Waals surface area contributed by atoms with Gasteiger partial charge in [0.25, 0.3) is 11.6 Å². The molecule has 0 saturated carbocycles. The maximum Gasteiger partial charge on any atom is 0.269 e. The zero-order valence-electron chi connectivity index (χ0n) is 78.4. The number of aliphatic hydroxyl groups is 1. The second-order valence-corrected chi connectivity index (χ2v) is 34.4. The predicted molar refractivity (Wildman–Crippen MR) is 576 cm³/mol. The number of anilines is 7. The number of halogens is 5. The van der Waals surface area contributed by atoms with Crippen molar-refractivity contribution < 1.29 is 67.2 Å². The number of hydrazine groups is 1. The summed E-state index contributed by atoms with van der Waals surface area (Å²) in [4.78, 5) is 79.2. The van der Waals surface area contributed by atoms with Crippen molar-refractivity contribution >= 4 is 180 Å². The van der Waals surface area contributed by atoms with Gasteiger partial charge in [0.05, 0.1) is 70.9 Å². The van der Waals surface area contributed by atoms with Crippen LogP contribution in [-0.4, -0.2) is 108 Å². The predicted octanol–water partition coefficient (Wildman–Crippen LogP) is 23.9. The van der Waals surface area contributed by atoms with Gasteiger partial charge in [-0.25, -0.2) is 0 Å². The van der Waals surface area contributed by atoms with Crippen LogP contribution in [0, 0.1) is 10.1 Å². The smallest absolute Gasteiger partial charge is 0.269 e. The molecule has 3 heterocycles. The van der Waals surface area contributed by atoms with Gasteiger partial charge in [-0.15, -0.1) is 0 Å². The van der Waals surface area contributed by atoms with Crippen molar-refractivity contribution in [2.75, 3.05) is 84.3 Å². The van der Waals surface area contributed by atoms with E-state index in [2.05, 4.69) is 96.5 Å². The summed E-state index contributed by atoms with van der Waals surface area (Å²) in [6, 6.07) is 93.8. The molecule has 27 nitrogen and oxygen atoms in total. The Labute approximate surface area is 863 Å². The van der Waals surface area contributed by atoms with Crippen LogP contribution in [0.25, 0.3) is 0 Å². The number of benzene rings is 12. The maximum atomic E-state index is 12.3. The van der Waals surface area contributed by atoms with Crippen molar-refractivity contribution in [3.63, 3.8) is 0 Å². The molecule has 4 amide bonds. The number of nitro benzene ring substituents is 1. The van der Waals surface area contributed by atoms with Crippen LogP contribution in [0.3, 0.4) is 0 Å². The van der Waals surface area contributed by atoms with Gasteiger partial charge in [0, 0.05) is 112 Å². The summed E-state index contributed by atoms with van der Waals surface area (Å²) in [7, 11) is 0. The fraction of sp³-hybridized carbons (Fsp3) is 0.250. The monoisotopic (exact) mass is 2060 g/mol. The van der Waals surface area contributed by atoms with Crippen LogP contribution in [0.2, 0.25) is 20.1 Å². The summed E-state index contributed by atoms with van der Waals surface area (Å²) in [5.41, 5.74) is 33.5. The number of aryl methyl sites for hydroxylation is 4. The molecule has 15 rings (SSSR count). The molecule has 3 aliphatic heterocycles. The van der Waals surface area contributed by atoms with E-state index in [0.29, 0.717) is 130 Å². The molecule has 0 spiro atoms. The Balaban J connectivity index is 0.000000206. The van der Waals surface area contributed by atoms with Crippen molar-refractivity contribution in [3.05, 3.63) is 389 Å². The first-order chi connectivity index (χ1) is 68.9. The highest BCUT2D eigenvalue weighted by molar-refractivity contribution is 7.80. The van der Waals surface area contributed by atoms with Crippen LogP contribution in [0.15, 0.2) is 308 Å². The Kier molecular flexibility index (Phi) is 53.7. The minimum atomic E-state index is -0.449. The molecule has 34 heteroatoms. The maximum absolute atomic E-state index is 12.3. The highest BCUT2D eigenvalue weighted by Crippen LogP contribution is 2.31. The van der Waals surface area contributed by atoms with Crippen molar-refractivity contribution in [2.45, 2.75) is 129 Å². The molecule has 3 fully saturated rings. The highest BCUT2D eigenvalue weighted by Gasteiger charge is 2.23. The molecule has 0 aromatic heterocycles. The number of nitro groups is 1. The van der Waals surface area contributed by atoms with E-state index in [9.17, 15) is 38.9 Å². The minimum Gasteiger partial charge on any atom is -0.399 e. The molecule has 0 bridgehead atoms. The molecule has 746 valence electrons. The number of hydrogen-bond donors (Lipinski definition) is 11. The molecule has 0 atom stereocenters. The van der Waals surface area contributed by atoms with Crippen LogP contribution < -0.4 is 54.3 Å². The molecular formula is C108H117Cl5N12O15S2. The average molecular weight is 2060 g/mol. The third kappa shape index (κ3) is 47.1. The summed E-state index contributed by atoms with van der Waals surface area (Å²) < 4.78 is 32.1. The number of nitrogen functional groups attached to an aromatic ring is 2. The first-order valence-electron chi connectivity index (χ1n) is 46.0. The Morgan fingerprint density at radius 1 is 0.401 bits per heavy atom. The first-order valence-corrected chi connectivity index (χ1v) is 48.7. The number of hydrazone groups is 1. The van der Waals surface area contributed by atoms with Crippen LogP contribution >= 0.6 is 82.4 Å². The van der Waals surface area contributed by atoms with Gasteiger partial charge in [0.1, 0.15) is 6.29 Å². The van der Waals surface area contributed by atoms with E-state index in [0.717, 1.165) is 117 Å². The highest BCUT2D eigenvalue weighted by atomic mass is 35.5. The second-order valence-electron chi connectivity index (χ2n) is 31.6. The minimum absolute atomic E-state index is 0.00211. The van der Waals surface area contributed by atoms with E-state index in [1.807, 2.05) is 146 Å². The van der Waals surface area contributed by atoms with Crippen LogP contribution in [0.1, 0.15) is 168 Å². The largest absolute Gasteiger partial charge is 0.399 e. The average Bonchev–Trinajstić information content (AvgIpc) is 1.59. The van der Waals surface area contributed by atoms with Gasteiger partial charge in [-0.1, -0.05) is 234 Å². The molecule has 0 aliphatic carbocycles. The van der Waals surface area contributed by atoms with E-state index >= 15 is 0 Å². The number of non-ortho nitro benzene ring substituents is 1. The molecule has 0 unspecified atom stereocenters. The van der Waals surface area contributed by atoms with Crippen LogP contribution in [-0.2, 0) is 73.3 Å². The van der Waals surface area contributed by atoms with Gasteiger partial charge in [-0.05, 0) is 251 Å². The van der Waals surface area contributed by atoms with Crippen LogP contribution in [0.4, 0.5) is 45.5 Å². The lowest BCUT2D eigenvalue weighted by molar-refractivity contribution is -0.385. The second kappa shape index (κ2) is 66.7. The molecule has 3 aliphatic rings. The molecule has 12 aromatic carbocycles. The number of thiocarbonyl (C=S) groups is 2. The number of nitrogens with zero attached hydrogens (tertiary/aromatic N) is 2. The fourth-order valence-electron chi connectivity index (χ4n) is 13.5. The van der Waals surface area contributed by atoms with Crippen molar-refractivity contribution in [1.29, 1.82) is 0 Å². The summed E-state index contributed by atoms with van der Waals surface area (Å²) >= 11 is 39.1. The van der Waals surface area contributed by atoms with Crippen molar-refractivity contribution in [1.82, 2.24) is 16.3 Å². The van der Waals surface area contributed by atoms with Gasteiger partial charge in [-0.2, -0.15) is 5.10 Å². The van der Waals surface area contributed by atoms with Crippen LogP contribution in [0.5, 0.6) is 0 Å². The summed E-state index contributed by atoms with van der Waals surface area (Å²) in [5.74, 6) is -0.313. The number of unbranched alkanes of at least 4 members (excludes halogenated alkanes) is 4. The number of carbonyl (C=O) groups excluding carboxylic acids is 6. The van der Waals surface area contributed by atoms with E-state index in [-0.39, 0.29) is 58.9 Å². The van der Waals surface area contributed by atoms with Gasteiger partial charge < -0.3 is 71.6 Å². The number of hydrogen-bond acceptors (Lipinski definition) is 20. The normalized spacial score (nSPS) is 12.3.